The first-order valence-electron chi connectivity index (χ1n) is 8.03. The lowest BCUT2D eigenvalue weighted by Crippen LogP contribution is -2.50. The van der Waals surface area contributed by atoms with Crippen molar-refractivity contribution in [2.24, 2.45) is 0 Å². The zero-order valence-electron chi connectivity index (χ0n) is 13.9. The van der Waals surface area contributed by atoms with Gasteiger partial charge in [0.1, 0.15) is 11.3 Å². The number of imidazole rings is 1. The van der Waals surface area contributed by atoms with Crippen molar-refractivity contribution in [1.29, 1.82) is 0 Å². The number of pyridine rings is 1. The zero-order chi connectivity index (χ0) is 16.6. The van der Waals surface area contributed by atoms with Crippen LogP contribution in [-0.2, 0) is 11.2 Å². The molecule has 0 N–H and O–H groups in total. The molecule has 0 bridgehead atoms. The van der Waals surface area contributed by atoms with Gasteiger partial charge in [-0.25, -0.2) is 4.98 Å². The number of piperazine rings is 1. The third-order valence-corrected chi connectivity index (χ3v) is 4.40. The number of amides is 2. The smallest absolute Gasteiger partial charge is 0.272 e. The fraction of sp³-hybridized carbons (Fsp3) is 0.471. The monoisotopic (exact) mass is 314 g/mol. The number of aromatic nitrogens is 2. The first kappa shape index (κ1) is 15.5. The van der Waals surface area contributed by atoms with Crippen LogP contribution >= 0.6 is 0 Å². The summed E-state index contributed by atoms with van der Waals surface area (Å²) in [7, 11) is 0. The summed E-state index contributed by atoms with van der Waals surface area (Å²) in [4.78, 5) is 32.6. The molecule has 0 unspecified atom stereocenters. The van der Waals surface area contributed by atoms with Gasteiger partial charge in [0.15, 0.2) is 0 Å². The SMILES string of the molecule is CCc1nc2cc(C)ccn2c1C(=O)N1CCN(C(C)=O)CC1. The molecule has 6 nitrogen and oxygen atoms in total. The van der Waals surface area contributed by atoms with E-state index >= 15 is 0 Å². The van der Waals surface area contributed by atoms with Gasteiger partial charge in [-0.05, 0) is 31.0 Å². The molecule has 3 heterocycles. The van der Waals surface area contributed by atoms with Crippen LogP contribution < -0.4 is 0 Å². The van der Waals surface area contributed by atoms with Crippen molar-refractivity contribution in [3.63, 3.8) is 0 Å². The Labute approximate surface area is 135 Å². The highest BCUT2D eigenvalue weighted by Crippen LogP contribution is 2.18. The van der Waals surface area contributed by atoms with Crippen LogP contribution in [0, 0.1) is 6.92 Å². The second-order valence-electron chi connectivity index (χ2n) is 5.99. The maximum absolute atomic E-state index is 13.0. The van der Waals surface area contributed by atoms with Crippen LogP contribution in [0.25, 0.3) is 5.65 Å². The second kappa shape index (κ2) is 6.02. The molecule has 6 heteroatoms. The summed E-state index contributed by atoms with van der Waals surface area (Å²) in [5.74, 6) is 0.0676. The van der Waals surface area contributed by atoms with Crippen molar-refractivity contribution >= 4 is 17.5 Å². The highest BCUT2D eigenvalue weighted by atomic mass is 16.2. The van der Waals surface area contributed by atoms with Gasteiger partial charge in [0.2, 0.25) is 5.91 Å². The van der Waals surface area contributed by atoms with E-state index in [4.69, 9.17) is 0 Å². The number of rotatable bonds is 2. The van der Waals surface area contributed by atoms with Crippen LogP contribution in [0.2, 0.25) is 0 Å². The Morgan fingerprint density at radius 2 is 1.83 bits per heavy atom. The Kier molecular flexibility index (Phi) is 4.07. The summed E-state index contributed by atoms with van der Waals surface area (Å²) < 4.78 is 1.88. The third kappa shape index (κ3) is 2.81. The van der Waals surface area contributed by atoms with Crippen molar-refractivity contribution in [2.75, 3.05) is 26.2 Å². The first-order chi connectivity index (χ1) is 11.0. The highest BCUT2D eigenvalue weighted by Gasteiger charge is 2.27. The predicted octanol–water partition coefficient (Wildman–Crippen LogP) is 1.51. The lowest BCUT2D eigenvalue weighted by atomic mass is 10.2. The lowest BCUT2D eigenvalue weighted by molar-refractivity contribution is -0.130. The molecule has 0 atom stereocenters. The summed E-state index contributed by atoms with van der Waals surface area (Å²) >= 11 is 0. The average molecular weight is 314 g/mol. The second-order valence-corrected chi connectivity index (χ2v) is 5.99. The summed E-state index contributed by atoms with van der Waals surface area (Å²) in [6, 6.07) is 3.97. The molecule has 3 rings (SSSR count). The molecule has 2 aromatic rings. The van der Waals surface area contributed by atoms with Crippen LogP contribution in [0.4, 0.5) is 0 Å². The molecular formula is C17H22N4O2. The molecule has 2 aromatic heterocycles. The number of hydrogen-bond donors (Lipinski definition) is 0. The first-order valence-corrected chi connectivity index (χ1v) is 8.03. The summed E-state index contributed by atoms with van der Waals surface area (Å²) in [6.45, 7) is 7.93. The molecule has 0 aromatic carbocycles. The molecule has 0 aliphatic carbocycles. The Morgan fingerprint density at radius 1 is 1.17 bits per heavy atom. The highest BCUT2D eigenvalue weighted by molar-refractivity contribution is 5.95. The van der Waals surface area contributed by atoms with E-state index in [1.165, 1.54) is 0 Å². The number of carbonyl (C=O) groups excluding carboxylic acids is 2. The van der Waals surface area contributed by atoms with Gasteiger partial charge < -0.3 is 9.80 Å². The van der Waals surface area contributed by atoms with E-state index in [0.29, 0.717) is 31.9 Å². The largest absolute Gasteiger partial charge is 0.339 e. The lowest BCUT2D eigenvalue weighted by Gasteiger charge is -2.34. The van der Waals surface area contributed by atoms with Crippen LogP contribution in [0.15, 0.2) is 18.3 Å². The third-order valence-electron chi connectivity index (χ3n) is 4.40. The molecule has 0 saturated carbocycles. The van der Waals surface area contributed by atoms with Gasteiger partial charge in [-0.15, -0.1) is 0 Å². The van der Waals surface area contributed by atoms with E-state index in [1.54, 1.807) is 11.8 Å². The van der Waals surface area contributed by atoms with E-state index in [1.807, 2.05) is 41.5 Å². The minimum absolute atomic E-state index is 0.00130. The van der Waals surface area contributed by atoms with Crippen LogP contribution in [0.1, 0.15) is 35.6 Å². The van der Waals surface area contributed by atoms with Gasteiger partial charge in [0.05, 0.1) is 5.69 Å². The van der Waals surface area contributed by atoms with Gasteiger partial charge >= 0.3 is 0 Å². The molecule has 0 radical (unpaired) electrons. The zero-order valence-corrected chi connectivity index (χ0v) is 13.9. The maximum atomic E-state index is 13.0. The van der Waals surface area contributed by atoms with Crippen LogP contribution in [0.5, 0.6) is 0 Å². The predicted molar refractivity (Wildman–Crippen MR) is 87.5 cm³/mol. The minimum Gasteiger partial charge on any atom is -0.339 e. The Bertz CT molecular complexity index is 757. The molecule has 23 heavy (non-hydrogen) atoms. The van der Waals surface area contributed by atoms with Crippen LogP contribution in [0.3, 0.4) is 0 Å². The number of carbonyl (C=O) groups is 2. The van der Waals surface area contributed by atoms with E-state index in [9.17, 15) is 9.59 Å². The normalized spacial score (nSPS) is 15.3. The van der Waals surface area contributed by atoms with Gasteiger partial charge in [0, 0.05) is 39.3 Å². The molecular weight excluding hydrogens is 292 g/mol. The Hall–Kier alpha value is -2.37. The van der Waals surface area contributed by atoms with Gasteiger partial charge in [-0.2, -0.15) is 0 Å². The topological polar surface area (TPSA) is 57.9 Å². The fourth-order valence-corrected chi connectivity index (χ4v) is 3.04. The maximum Gasteiger partial charge on any atom is 0.272 e. The summed E-state index contributed by atoms with van der Waals surface area (Å²) in [6.07, 6.45) is 2.63. The average Bonchev–Trinajstić information content (AvgIpc) is 2.91. The number of hydrogen-bond acceptors (Lipinski definition) is 3. The molecule has 122 valence electrons. The van der Waals surface area contributed by atoms with Crippen molar-refractivity contribution in [2.45, 2.75) is 27.2 Å². The fourth-order valence-electron chi connectivity index (χ4n) is 3.04. The number of aryl methyl sites for hydroxylation is 2. The Balaban J connectivity index is 1.90. The molecule has 1 aliphatic heterocycles. The van der Waals surface area contributed by atoms with E-state index < -0.39 is 0 Å². The molecule has 1 fully saturated rings. The van der Waals surface area contributed by atoms with Gasteiger partial charge in [-0.1, -0.05) is 6.92 Å². The van der Waals surface area contributed by atoms with Crippen molar-refractivity contribution < 1.29 is 9.59 Å². The minimum atomic E-state index is 0.00130. The molecule has 0 spiro atoms. The molecule has 1 saturated heterocycles. The van der Waals surface area contributed by atoms with E-state index in [0.717, 1.165) is 23.3 Å². The van der Waals surface area contributed by atoms with Crippen molar-refractivity contribution in [3.8, 4) is 0 Å². The van der Waals surface area contributed by atoms with Crippen LogP contribution in [-0.4, -0.2) is 57.2 Å². The Morgan fingerprint density at radius 3 is 2.43 bits per heavy atom. The summed E-state index contributed by atoms with van der Waals surface area (Å²) in [5.41, 5.74) is 3.42. The molecule has 2 amide bonds. The summed E-state index contributed by atoms with van der Waals surface area (Å²) in [5, 5.41) is 0. The molecule has 1 aliphatic rings. The van der Waals surface area contributed by atoms with Gasteiger partial charge in [-0.3, -0.25) is 14.0 Å². The van der Waals surface area contributed by atoms with Crippen molar-refractivity contribution in [3.05, 3.63) is 35.3 Å². The van der Waals surface area contributed by atoms with E-state index in [-0.39, 0.29) is 11.8 Å². The standard InChI is InChI=1S/C17H22N4O2/c1-4-14-16(21-6-5-12(2)11-15(21)18-14)17(23)20-9-7-19(8-10-20)13(3)22/h5-6,11H,4,7-10H2,1-3H3. The van der Waals surface area contributed by atoms with Gasteiger partial charge in [0.25, 0.3) is 5.91 Å². The van der Waals surface area contributed by atoms with Crippen molar-refractivity contribution in [1.82, 2.24) is 19.2 Å². The number of nitrogens with zero attached hydrogens (tertiary/aromatic N) is 4. The number of fused-ring (bicyclic) bond motifs is 1. The quantitative estimate of drug-likeness (QED) is 0.844. The van der Waals surface area contributed by atoms with E-state index in [2.05, 4.69) is 4.98 Å².